The number of rotatable bonds is 6. The van der Waals surface area contributed by atoms with Crippen molar-refractivity contribution in [3.63, 3.8) is 0 Å². The molecule has 0 fully saturated rings. The Morgan fingerprint density at radius 2 is 1.58 bits per heavy atom. The zero-order valence-corrected chi connectivity index (χ0v) is 18.6. The number of thioether (sulfide) groups is 1. The van der Waals surface area contributed by atoms with Crippen LogP contribution in [0.4, 0.5) is 11.4 Å². The minimum atomic E-state index is -0.336. The Hall–Kier alpha value is -3.31. The number of nitrogens with one attached hydrogen (secondary N) is 1. The summed E-state index contributed by atoms with van der Waals surface area (Å²) in [5.74, 6) is -0.642. The first kappa shape index (κ1) is 20.9. The second-order valence-corrected chi connectivity index (χ2v) is 8.61. The molecular formula is C26H24N2O2S. The van der Waals surface area contributed by atoms with Crippen molar-refractivity contribution in [2.24, 2.45) is 0 Å². The number of amides is 2. The van der Waals surface area contributed by atoms with Gasteiger partial charge in [0.2, 0.25) is 0 Å². The first-order chi connectivity index (χ1) is 15.0. The molecule has 0 bridgehead atoms. The number of carbonyl (C=O) groups is 2. The molecule has 4 nitrogen and oxygen atoms in total. The first-order valence-corrected chi connectivity index (χ1v) is 11.1. The predicted octanol–water partition coefficient (Wildman–Crippen LogP) is 5.86. The Balaban J connectivity index is 1.75. The summed E-state index contributed by atoms with van der Waals surface area (Å²) in [6, 6.07) is 23.4. The van der Waals surface area contributed by atoms with E-state index in [-0.39, 0.29) is 11.8 Å². The van der Waals surface area contributed by atoms with Crippen LogP contribution >= 0.6 is 11.8 Å². The van der Waals surface area contributed by atoms with Gasteiger partial charge in [0.05, 0.1) is 5.69 Å². The molecule has 0 aromatic heterocycles. The molecule has 3 aromatic rings. The summed E-state index contributed by atoms with van der Waals surface area (Å²) >= 11 is 1.31. The maximum Gasteiger partial charge on any atom is 0.283 e. The SMILES string of the molecule is CCc1ccc(NC2=C(Sc3ccccc3)C(=O)N(c3cc(C)ccc3C)C2=O)cc1. The smallest absolute Gasteiger partial charge is 0.283 e. The van der Waals surface area contributed by atoms with Crippen LogP contribution in [0.25, 0.3) is 0 Å². The number of aryl methyl sites for hydroxylation is 3. The summed E-state index contributed by atoms with van der Waals surface area (Å²) in [6.45, 7) is 5.96. The number of hydrogen-bond acceptors (Lipinski definition) is 4. The maximum absolute atomic E-state index is 13.5. The van der Waals surface area contributed by atoms with E-state index in [1.807, 2.05) is 86.6 Å². The summed E-state index contributed by atoms with van der Waals surface area (Å²) in [6.07, 6.45) is 0.940. The monoisotopic (exact) mass is 428 g/mol. The van der Waals surface area contributed by atoms with Gasteiger partial charge in [0.15, 0.2) is 0 Å². The van der Waals surface area contributed by atoms with Crippen LogP contribution in [-0.2, 0) is 16.0 Å². The van der Waals surface area contributed by atoms with Gasteiger partial charge >= 0.3 is 0 Å². The molecule has 31 heavy (non-hydrogen) atoms. The normalized spacial score (nSPS) is 13.8. The van der Waals surface area contributed by atoms with Gasteiger partial charge in [-0.2, -0.15) is 0 Å². The molecule has 0 spiro atoms. The van der Waals surface area contributed by atoms with Crippen molar-refractivity contribution >= 4 is 35.0 Å². The molecule has 156 valence electrons. The maximum atomic E-state index is 13.5. The van der Waals surface area contributed by atoms with E-state index in [4.69, 9.17) is 0 Å². The fourth-order valence-electron chi connectivity index (χ4n) is 3.47. The van der Waals surface area contributed by atoms with Crippen LogP contribution in [0.2, 0.25) is 0 Å². The molecule has 1 N–H and O–H groups in total. The highest BCUT2D eigenvalue weighted by Gasteiger charge is 2.40. The average molecular weight is 429 g/mol. The molecule has 1 aliphatic rings. The molecule has 0 saturated carbocycles. The van der Waals surface area contributed by atoms with E-state index in [1.165, 1.54) is 22.2 Å². The number of carbonyl (C=O) groups excluding carboxylic acids is 2. The zero-order chi connectivity index (χ0) is 22.0. The number of anilines is 2. The van der Waals surface area contributed by atoms with Gasteiger partial charge in [0.25, 0.3) is 11.8 Å². The quantitative estimate of drug-likeness (QED) is 0.500. The number of imide groups is 1. The minimum absolute atomic E-state index is 0.305. The van der Waals surface area contributed by atoms with Crippen LogP contribution in [0, 0.1) is 13.8 Å². The second kappa shape index (κ2) is 8.82. The fraction of sp³-hybridized carbons (Fsp3) is 0.154. The Kier molecular flexibility index (Phi) is 5.96. The number of nitrogens with zero attached hydrogens (tertiary/aromatic N) is 1. The van der Waals surface area contributed by atoms with Crippen molar-refractivity contribution in [2.75, 3.05) is 10.2 Å². The van der Waals surface area contributed by atoms with Gasteiger partial charge in [-0.3, -0.25) is 9.59 Å². The molecule has 0 atom stereocenters. The van der Waals surface area contributed by atoms with Crippen molar-refractivity contribution < 1.29 is 9.59 Å². The van der Waals surface area contributed by atoms with Crippen molar-refractivity contribution in [3.8, 4) is 0 Å². The molecule has 4 rings (SSSR count). The van der Waals surface area contributed by atoms with Crippen molar-refractivity contribution in [3.05, 3.63) is 100 Å². The van der Waals surface area contributed by atoms with E-state index in [0.29, 0.717) is 16.3 Å². The van der Waals surface area contributed by atoms with Crippen LogP contribution in [0.1, 0.15) is 23.6 Å². The molecule has 0 unspecified atom stereocenters. The molecule has 2 amide bonds. The Bertz CT molecular complexity index is 1170. The van der Waals surface area contributed by atoms with E-state index in [9.17, 15) is 9.59 Å². The molecule has 0 radical (unpaired) electrons. The summed E-state index contributed by atoms with van der Waals surface area (Å²) in [4.78, 5) is 29.5. The highest BCUT2D eigenvalue weighted by Crippen LogP contribution is 2.38. The molecule has 3 aromatic carbocycles. The molecule has 1 aliphatic heterocycles. The number of hydrogen-bond donors (Lipinski definition) is 1. The summed E-state index contributed by atoms with van der Waals surface area (Å²) in [5.41, 5.74) is 4.80. The van der Waals surface area contributed by atoms with Gasteiger partial charge in [-0.25, -0.2) is 4.90 Å². The fourth-order valence-corrected chi connectivity index (χ4v) is 4.42. The lowest BCUT2D eigenvalue weighted by molar-refractivity contribution is -0.120. The summed E-state index contributed by atoms with van der Waals surface area (Å²) in [5, 5.41) is 3.22. The van der Waals surface area contributed by atoms with Crippen LogP contribution in [0.15, 0.2) is 88.3 Å². The molecular weight excluding hydrogens is 404 g/mol. The predicted molar refractivity (Wildman–Crippen MR) is 127 cm³/mol. The lowest BCUT2D eigenvalue weighted by Gasteiger charge is -2.18. The van der Waals surface area contributed by atoms with Gasteiger partial charge in [-0.15, -0.1) is 0 Å². The highest BCUT2D eigenvalue weighted by molar-refractivity contribution is 8.04. The second-order valence-electron chi connectivity index (χ2n) is 7.53. The third-order valence-electron chi connectivity index (χ3n) is 5.24. The first-order valence-electron chi connectivity index (χ1n) is 10.3. The Labute approximate surface area is 187 Å². The van der Waals surface area contributed by atoms with Gasteiger partial charge < -0.3 is 5.32 Å². The van der Waals surface area contributed by atoms with E-state index in [0.717, 1.165) is 28.1 Å². The Morgan fingerprint density at radius 3 is 2.26 bits per heavy atom. The van der Waals surface area contributed by atoms with Crippen molar-refractivity contribution in [1.82, 2.24) is 0 Å². The third kappa shape index (κ3) is 4.28. The largest absolute Gasteiger partial charge is 0.350 e. The molecule has 0 aliphatic carbocycles. The summed E-state index contributed by atoms with van der Waals surface area (Å²) in [7, 11) is 0. The van der Waals surface area contributed by atoms with Crippen molar-refractivity contribution in [1.29, 1.82) is 0 Å². The van der Waals surface area contributed by atoms with E-state index in [2.05, 4.69) is 12.2 Å². The average Bonchev–Trinajstić information content (AvgIpc) is 3.00. The highest BCUT2D eigenvalue weighted by atomic mass is 32.2. The van der Waals surface area contributed by atoms with Crippen LogP contribution in [0.5, 0.6) is 0 Å². The lowest BCUT2D eigenvalue weighted by atomic mass is 10.1. The third-order valence-corrected chi connectivity index (χ3v) is 6.33. The molecule has 1 heterocycles. The zero-order valence-electron chi connectivity index (χ0n) is 17.8. The van der Waals surface area contributed by atoms with Gasteiger partial charge in [0, 0.05) is 10.6 Å². The summed E-state index contributed by atoms with van der Waals surface area (Å²) < 4.78 is 0. The molecule has 5 heteroatoms. The van der Waals surface area contributed by atoms with Crippen LogP contribution in [-0.4, -0.2) is 11.8 Å². The Morgan fingerprint density at radius 1 is 0.871 bits per heavy atom. The van der Waals surface area contributed by atoms with Crippen molar-refractivity contribution in [2.45, 2.75) is 32.1 Å². The van der Waals surface area contributed by atoms with E-state index >= 15 is 0 Å². The minimum Gasteiger partial charge on any atom is -0.350 e. The van der Waals surface area contributed by atoms with E-state index < -0.39 is 0 Å². The molecule has 0 saturated heterocycles. The van der Waals surface area contributed by atoms with Gasteiger partial charge in [-0.05, 0) is 67.3 Å². The van der Waals surface area contributed by atoms with Gasteiger partial charge in [0.1, 0.15) is 10.6 Å². The van der Waals surface area contributed by atoms with Crippen LogP contribution < -0.4 is 10.2 Å². The number of benzene rings is 3. The van der Waals surface area contributed by atoms with Crippen LogP contribution in [0.3, 0.4) is 0 Å². The van der Waals surface area contributed by atoms with E-state index in [1.54, 1.807) is 0 Å². The topological polar surface area (TPSA) is 49.4 Å². The standard InChI is InChI=1S/C26H24N2O2S/c1-4-19-12-14-20(15-13-19)27-23-24(31-21-8-6-5-7-9-21)26(30)28(25(23)29)22-16-17(2)10-11-18(22)3/h5-16,27H,4H2,1-3H3. The lowest BCUT2D eigenvalue weighted by Crippen LogP contribution is -2.33. The van der Waals surface area contributed by atoms with Gasteiger partial charge in [-0.1, -0.05) is 61.2 Å².